The van der Waals surface area contributed by atoms with Gasteiger partial charge in [-0.3, -0.25) is 4.68 Å². The molecule has 120 valence electrons. The molecule has 0 radical (unpaired) electrons. The Hall–Kier alpha value is -3.08. The Kier molecular flexibility index (Phi) is 3.54. The summed E-state index contributed by atoms with van der Waals surface area (Å²) in [5.74, 6) is 0. The lowest BCUT2D eigenvalue weighted by Crippen LogP contribution is -2.05. The molecule has 5 nitrogen and oxygen atoms in total. The summed E-state index contributed by atoms with van der Waals surface area (Å²) in [4.78, 5) is 4.65. The first-order valence-electron chi connectivity index (χ1n) is 7.96. The summed E-state index contributed by atoms with van der Waals surface area (Å²) in [6.07, 6.45) is 4.06. The highest BCUT2D eigenvalue weighted by Gasteiger charge is 2.05. The molecule has 0 saturated heterocycles. The van der Waals surface area contributed by atoms with E-state index >= 15 is 0 Å². The molecule has 0 spiro atoms. The van der Waals surface area contributed by atoms with Gasteiger partial charge in [0.1, 0.15) is 5.65 Å². The third-order valence-corrected chi connectivity index (χ3v) is 4.12. The van der Waals surface area contributed by atoms with Gasteiger partial charge in [-0.1, -0.05) is 18.2 Å². The highest BCUT2D eigenvalue weighted by molar-refractivity contribution is 5.65. The van der Waals surface area contributed by atoms with E-state index in [1.807, 2.05) is 47.4 Å². The summed E-state index contributed by atoms with van der Waals surface area (Å²) in [6.45, 7) is 2.76. The molecule has 4 rings (SSSR count). The standard InChI is InChI=1S/C19H19N5/c1-14-11-17(23(2)22-14)12-20-16-8-6-15(7-9-16)18-13-24-10-4-3-5-19(24)21-18/h3-11,13,20H,12H2,1-2H3. The smallest absolute Gasteiger partial charge is 0.137 e. The van der Waals surface area contributed by atoms with Crippen molar-refractivity contribution in [2.75, 3.05) is 5.32 Å². The fourth-order valence-corrected chi connectivity index (χ4v) is 2.85. The van der Waals surface area contributed by atoms with Gasteiger partial charge in [-0.15, -0.1) is 0 Å². The summed E-state index contributed by atoms with van der Waals surface area (Å²) in [7, 11) is 1.97. The molecule has 0 amide bonds. The average Bonchev–Trinajstić information content (AvgIpc) is 3.16. The maximum atomic E-state index is 4.65. The second-order valence-corrected chi connectivity index (χ2v) is 5.92. The van der Waals surface area contributed by atoms with Crippen molar-refractivity contribution in [1.82, 2.24) is 19.2 Å². The summed E-state index contributed by atoms with van der Waals surface area (Å²) in [5, 5.41) is 7.80. The molecule has 4 aromatic rings. The van der Waals surface area contributed by atoms with Gasteiger partial charge in [-0.05, 0) is 37.3 Å². The second kappa shape index (κ2) is 5.85. The lowest BCUT2D eigenvalue weighted by Gasteiger charge is -2.07. The molecule has 0 bridgehead atoms. The van der Waals surface area contributed by atoms with E-state index in [2.05, 4.69) is 51.9 Å². The van der Waals surface area contributed by atoms with Crippen LogP contribution in [0.25, 0.3) is 16.9 Å². The number of anilines is 1. The van der Waals surface area contributed by atoms with E-state index in [-0.39, 0.29) is 0 Å². The number of benzene rings is 1. The molecule has 0 unspecified atom stereocenters. The van der Waals surface area contributed by atoms with Gasteiger partial charge >= 0.3 is 0 Å². The second-order valence-electron chi connectivity index (χ2n) is 5.92. The highest BCUT2D eigenvalue weighted by Crippen LogP contribution is 2.21. The topological polar surface area (TPSA) is 47.1 Å². The molecule has 0 aliphatic heterocycles. The molecular weight excluding hydrogens is 298 g/mol. The van der Waals surface area contributed by atoms with Gasteiger partial charge in [0.2, 0.25) is 0 Å². The van der Waals surface area contributed by atoms with Crippen LogP contribution in [0, 0.1) is 6.92 Å². The van der Waals surface area contributed by atoms with E-state index < -0.39 is 0 Å². The third-order valence-electron chi connectivity index (χ3n) is 4.12. The summed E-state index contributed by atoms with van der Waals surface area (Å²) >= 11 is 0. The molecule has 0 fully saturated rings. The van der Waals surface area contributed by atoms with Crippen LogP contribution >= 0.6 is 0 Å². The number of aryl methyl sites for hydroxylation is 2. The van der Waals surface area contributed by atoms with Gasteiger partial charge in [0, 0.05) is 30.7 Å². The van der Waals surface area contributed by atoms with Crippen molar-refractivity contribution in [1.29, 1.82) is 0 Å². The molecular formula is C19H19N5. The number of hydrogen-bond acceptors (Lipinski definition) is 3. The Morgan fingerprint density at radius 1 is 1.08 bits per heavy atom. The molecule has 5 heteroatoms. The fourth-order valence-electron chi connectivity index (χ4n) is 2.85. The lowest BCUT2D eigenvalue weighted by molar-refractivity contribution is 0.713. The predicted molar refractivity (Wildman–Crippen MR) is 95.9 cm³/mol. The van der Waals surface area contributed by atoms with Crippen molar-refractivity contribution in [2.24, 2.45) is 7.05 Å². The summed E-state index contributed by atoms with van der Waals surface area (Å²) in [6, 6.07) is 16.5. The molecule has 0 aliphatic carbocycles. The zero-order valence-corrected chi connectivity index (χ0v) is 13.8. The molecule has 24 heavy (non-hydrogen) atoms. The Bertz CT molecular complexity index is 946. The van der Waals surface area contributed by atoms with Crippen molar-refractivity contribution < 1.29 is 0 Å². The maximum Gasteiger partial charge on any atom is 0.137 e. The van der Waals surface area contributed by atoms with Gasteiger partial charge in [0.25, 0.3) is 0 Å². The molecule has 1 N–H and O–H groups in total. The normalized spacial score (nSPS) is 11.1. The van der Waals surface area contributed by atoms with Crippen molar-refractivity contribution in [3.63, 3.8) is 0 Å². The zero-order chi connectivity index (χ0) is 16.5. The number of hydrogen-bond donors (Lipinski definition) is 1. The number of rotatable bonds is 4. The maximum absolute atomic E-state index is 4.65. The van der Waals surface area contributed by atoms with E-state index in [1.165, 1.54) is 0 Å². The number of fused-ring (bicyclic) bond motifs is 1. The molecule has 3 aromatic heterocycles. The Labute approximate surface area is 140 Å². The SMILES string of the molecule is Cc1cc(CNc2ccc(-c3cn4ccccc4n3)cc2)n(C)n1. The Morgan fingerprint density at radius 2 is 1.92 bits per heavy atom. The predicted octanol–water partition coefficient (Wildman–Crippen LogP) is 3.66. The number of nitrogens with zero attached hydrogens (tertiary/aromatic N) is 4. The van der Waals surface area contributed by atoms with Crippen LogP contribution in [-0.2, 0) is 13.6 Å². The minimum Gasteiger partial charge on any atom is -0.379 e. The van der Waals surface area contributed by atoms with Gasteiger partial charge < -0.3 is 9.72 Å². The van der Waals surface area contributed by atoms with E-state index in [1.54, 1.807) is 0 Å². The molecule has 0 saturated carbocycles. The fraction of sp³-hybridized carbons (Fsp3) is 0.158. The number of nitrogens with one attached hydrogen (secondary N) is 1. The van der Waals surface area contributed by atoms with Crippen LogP contribution in [0.15, 0.2) is 60.9 Å². The van der Waals surface area contributed by atoms with Crippen LogP contribution in [0.5, 0.6) is 0 Å². The summed E-state index contributed by atoms with van der Waals surface area (Å²) in [5.41, 5.74) is 6.34. The van der Waals surface area contributed by atoms with Crippen LogP contribution in [-0.4, -0.2) is 19.2 Å². The molecule has 1 aromatic carbocycles. The highest BCUT2D eigenvalue weighted by atomic mass is 15.3. The Balaban J connectivity index is 1.51. The number of pyridine rings is 1. The minimum absolute atomic E-state index is 0.755. The van der Waals surface area contributed by atoms with E-state index in [9.17, 15) is 0 Å². The monoisotopic (exact) mass is 317 g/mol. The number of aromatic nitrogens is 4. The van der Waals surface area contributed by atoms with Gasteiger partial charge in [0.15, 0.2) is 0 Å². The molecule has 0 aliphatic rings. The largest absolute Gasteiger partial charge is 0.379 e. The van der Waals surface area contributed by atoms with Gasteiger partial charge in [0.05, 0.1) is 23.6 Å². The molecule has 0 atom stereocenters. The third kappa shape index (κ3) is 2.76. The van der Waals surface area contributed by atoms with Crippen molar-refractivity contribution in [3.05, 3.63) is 72.3 Å². The van der Waals surface area contributed by atoms with Crippen LogP contribution in [0.2, 0.25) is 0 Å². The van der Waals surface area contributed by atoms with Gasteiger partial charge in [-0.25, -0.2) is 4.98 Å². The minimum atomic E-state index is 0.755. The van der Waals surface area contributed by atoms with Crippen LogP contribution in [0.4, 0.5) is 5.69 Å². The molecule has 3 heterocycles. The van der Waals surface area contributed by atoms with Crippen LogP contribution in [0.3, 0.4) is 0 Å². The average molecular weight is 317 g/mol. The zero-order valence-electron chi connectivity index (χ0n) is 13.8. The van der Waals surface area contributed by atoms with E-state index in [0.29, 0.717) is 0 Å². The Morgan fingerprint density at radius 3 is 2.62 bits per heavy atom. The quantitative estimate of drug-likeness (QED) is 0.625. The first kappa shape index (κ1) is 14.5. The van der Waals surface area contributed by atoms with Crippen LogP contribution in [0.1, 0.15) is 11.4 Å². The van der Waals surface area contributed by atoms with Crippen LogP contribution < -0.4 is 5.32 Å². The first-order chi connectivity index (χ1) is 11.7. The summed E-state index contributed by atoms with van der Waals surface area (Å²) < 4.78 is 3.94. The number of imidazole rings is 1. The van der Waals surface area contributed by atoms with Crippen molar-refractivity contribution in [3.8, 4) is 11.3 Å². The van der Waals surface area contributed by atoms with Gasteiger partial charge in [-0.2, -0.15) is 5.10 Å². The van der Waals surface area contributed by atoms with Crippen molar-refractivity contribution in [2.45, 2.75) is 13.5 Å². The van der Waals surface area contributed by atoms with E-state index in [4.69, 9.17) is 0 Å². The van der Waals surface area contributed by atoms with Crippen molar-refractivity contribution >= 4 is 11.3 Å². The first-order valence-corrected chi connectivity index (χ1v) is 7.96. The lowest BCUT2D eigenvalue weighted by atomic mass is 10.1. The van der Waals surface area contributed by atoms with E-state index in [0.717, 1.165) is 40.5 Å².